The molecule has 0 atom stereocenters. The van der Waals surface area contributed by atoms with E-state index in [0.717, 1.165) is 34.6 Å². The molecule has 0 aliphatic heterocycles. The van der Waals surface area contributed by atoms with Gasteiger partial charge in [0, 0.05) is 13.6 Å². The van der Waals surface area contributed by atoms with Crippen molar-refractivity contribution in [3.63, 3.8) is 0 Å². The van der Waals surface area contributed by atoms with Gasteiger partial charge in [-0.2, -0.15) is 5.10 Å². The Hall–Kier alpha value is -1.10. The number of rotatable bonds is 5. The predicted octanol–water partition coefficient (Wildman–Crippen LogP) is 3.43. The third-order valence-corrected chi connectivity index (χ3v) is 4.07. The molecule has 100 valence electrons. The summed E-state index contributed by atoms with van der Waals surface area (Å²) in [5, 5.41) is 4.55. The van der Waals surface area contributed by atoms with Crippen molar-refractivity contribution >= 4 is 23.4 Å². The Morgan fingerprint density at radius 3 is 2.50 bits per heavy atom. The lowest BCUT2D eigenvalue weighted by molar-refractivity contribution is 0.418. The molecule has 0 saturated heterocycles. The fourth-order valence-corrected chi connectivity index (χ4v) is 2.76. The van der Waals surface area contributed by atoms with Crippen LogP contribution >= 0.6 is 12.2 Å². The summed E-state index contributed by atoms with van der Waals surface area (Å²) in [6.07, 6.45) is 3.30. The van der Waals surface area contributed by atoms with E-state index < -0.39 is 0 Å². The molecule has 1 N–H and O–H groups in total. The highest BCUT2D eigenvalue weighted by Crippen LogP contribution is 2.21. The van der Waals surface area contributed by atoms with Crippen LogP contribution in [0.4, 0.5) is 0 Å². The maximum absolute atomic E-state index is 5.45. The Labute approximate surface area is 113 Å². The molecular formula is C13H22N4S. The van der Waals surface area contributed by atoms with Crippen LogP contribution in [0.25, 0.3) is 11.2 Å². The van der Waals surface area contributed by atoms with Gasteiger partial charge in [0.2, 0.25) is 0 Å². The molecule has 0 bridgehead atoms. The molecule has 2 rings (SSSR count). The van der Waals surface area contributed by atoms with E-state index in [1.54, 1.807) is 0 Å². The van der Waals surface area contributed by atoms with Crippen molar-refractivity contribution < 1.29 is 0 Å². The molecule has 2 aromatic rings. The van der Waals surface area contributed by atoms with E-state index in [-0.39, 0.29) is 0 Å². The minimum atomic E-state index is 0.677. The number of nitrogens with zero attached hydrogens (tertiary/aromatic N) is 3. The van der Waals surface area contributed by atoms with Gasteiger partial charge in [0.25, 0.3) is 0 Å². The van der Waals surface area contributed by atoms with Crippen LogP contribution in [0.3, 0.4) is 0 Å². The normalized spacial score (nSPS) is 11.8. The lowest BCUT2D eigenvalue weighted by Gasteiger charge is -2.13. The van der Waals surface area contributed by atoms with E-state index in [1.165, 1.54) is 12.8 Å². The highest BCUT2D eigenvalue weighted by molar-refractivity contribution is 7.71. The topological polar surface area (TPSA) is 38.5 Å². The number of H-pyrrole nitrogens is 1. The highest BCUT2D eigenvalue weighted by Gasteiger charge is 2.16. The summed E-state index contributed by atoms with van der Waals surface area (Å²) in [5.74, 6) is 0.677. The molecule has 0 saturated carbocycles. The number of nitrogens with one attached hydrogen (secondary N) is 1. The van der Waals surface area contributed by atoms with Crippen LogP contribution in [-0.2, 0) is 20.0 Å². The minimum Gasteiger partial charge on any atom is -0.328 e. The third-order valence-electron chi connectivity index (χ3n) is 3.75. The second-order valence-corrected chi connectivity index (χ2v) is 5.23. The summed E-state index contributed by atoms with van der Waals surface area (Å²) in [6, 6.07) is 0. The van der Waals surface area contributed by atoms with Gasteiger partial charge < -0.3 is 9.55 Å². The van der Waals surface area contributed by atoms with Gasteiger partial charge in [-0.05, 0) is 24.6 Å². The summed E-state index contributed by atoms with van der Waals surface area (Å²) in [5.41, 5.74) is 3.33. The highest BCUT2D eigenvalue weighted by atomic mass is 32.1. The first kappa shape index (κ1) is 13.3. The molecule has 5 heteroatoms. The second-order valence-electron chi connectivity index (χ2n) is 4.85. The number of fused-ring (bicyclic) bond motifs is 1. The van der Waals surface area contributed by atoms with Gasteiger partial charge in [0.15, 0.2) is 10.4 Å². The zero-order valence-corrected chi connectivity index (χ0v) is 12.5. The molecular weight excluding hydrogens is 244 g/mol. The van der Waals surface area contributed by atoms with Crippen molar-refractivity contribution in [2.24, 2.45) is 13.0 Å². The molecule has 2 aromatic heterocycles. The van der Waals surface area contributed by atoms with E-state index in [4.69, 9.17) is 12.2 Å². The van der Waals surface area contributed by atoms with Crippen LogP contribution in [0.2, 0.25) is 0 Å². The van der Waals surface area contributed by atoms with Gasteiger partial charge >= 0.3 is 0 Å². The van der Waals surface area contributed by atoms with Gasteiger partial charge in [-0.1, -0.05) is 33.6 Å². The fraction of sp³-hybridized carbons (Fsp3) is 0.692. The first-order valence-corrected chi connectivity index (χ1v) is 7.17. The average Bonchev–Trinajstić information content (AvgIpc) is 2.84. The smallest absolute Gasteiger partial charge is 0.179 e. The van der Waals surface area contributed by atoms with E-state index >= 15 is 0 Å². The Bertz CT molecular complexity index is 586. The summed E-state index contributed by atoms with van der Waals surface area (Å²) < 4.78 is 4.97. The molecule has 0 unspecified atom stereocenters. The van der Waals surface area contributed by atoms with Gasteiger partial charge in [-0.3, -0.25) is 4.68 Å². The standard InChI is InChI=1S/C13H22N4S/c1-5-9(6-2)8-17-12-11(14-13(17)18)10(7-3)15-16(12)4/h9H,5-8H2,1-4H3,(H,14,18). The number of aryl methyl sites for hydroxylation is 2. The third kappa shape index (κ3) is 2.11. The molecule has 0 radical (unpaired) electrons. The number of aromatic nitrogens is 4. The number of hydrogen-bond acceptors (Lipinski definition) is 2. The maximum Gasteiger partial charge on any atom is 0.179 e. The fourth-order valence-electron chi connectivity index (χ4n) is 2.50. The number of hydrogen-bond donors (Lipinski definition) is 1. The quantitative estimate of drug-likeness (QED) is 0.842. The molecule has 2 heterocycles. The Kier molecular flexibility index (Phi) is 3.90. The van der Waals surface area contributed by atoms with Crippen molar-refractivity contribution in [1.82, 2.24) is 19.3 Å². The Morgan fingerprint density at radius 2 is 1.94 bits per heavy atom. The van der Waals surface area contributed by atoms with Gasteiger partial charge in [-0.25, -0.2) is 0 Å². The summed E-state index contributed by atoms with van der Waals surface area (Å²) >= 11 is 5.45. The van der Waals surface area contributed by atoms with E-state index in [2.05, 4.69) is 35.4 Å². The molecule has 0 fully saturated rings. The van der Waals surface area contributed by atoms with Crippen LogP contribution in [0.15, 0.2) is 0 Å². The van der Waals surface area contributed by atoms with E-state index in [1.807, 2.05) is 11.7 Å². The molecule has 18 heavy (non-hydrogen) atoms. The second kappa shape index (κ2) is 5.26. The molecule has 0 aliphatic carbocycles. The zero-order valence-electron chi connectivity index (χ0n) is 11.7. The van der Waals surface area contributed by atoms with Crippen LogP contribution in [-0.4, -0.2) is 19.3 Å². The number of imidazole rings is 1. The first-order chi connectivity index (χ1) is 8.62. The minimum absolute atomic E-state index is 0.677. The van der Waals surface area contributed by atoms with Crippen molar-refractivity contribution in [2.75, 3.05) is 0 Å². The van der Waals surface area contributed by atoms with Crippen molar-refractivity contribution in [1.29, 1.82) is 0 Å². The van der Waals surface area contributed by atoms with Gasteiger partial charge in [0.1, 0.15) is 5.52 Å². The van der Waals surface area contributed by atoms with E-state index in [9.17, 15) is 0 Å². The molecule has 0 spiro atoms. The average molecular weight is 266 g/mol. The van der Waals surface area contributed by atoms with E-state index in [0.29, 0.717) is 5.92 Å². The van der Waals surface area contributed by atoms with Crippen molar-refractivity contribution in [3.05, 3.63) is 10.5 Å². The van der Waals surface area contributed by atoms with Gasteiger partial charge in [-0.15, -0.1) is 0 Å². The van der Waals surface area contributed by atoms with Crippen molar-refractivity contribution in [2.45, 2.75) is 46.6 Å². The summed E-state index contributed by atoms with van der Waals surface area (Å²) in [4.78, 5) is 3.32. The molecule has 0 aliphatic rings. The summed E-state index contributed by atoms with van der Waals surface area (Å²) in [6.45, 7) is 7.58. The largest absolute Gasteiger partial charge is 0.328 e. The lowest BCUT2D eigenvalue weighted by Crippen LogP contribution is -2.11. The SMILES string of the molecule is CCc1nn(C)c2c1[nH]c(=S)n2CC(CC)CC. The predicted molar refractivity (Wildman–Crippen MR) is 77.3 cm³/mol. The van der Waals surface area contributed by atoms with Gasteiger partial charge in [0.05, 0.1) is 5.69 Å². The summed E-state index contributed by atoms with van der Waals surface area (Å²) in [7, 11) is 1.99. The Morgan fingerprint density at radius 1 is 1.28 bits per heavy atom. The molecule has 4 nitrogen and oxygen atoms in total. The van der Waals surface area contributed by atoms with Crippen molar-refractivity contribution in [3.8, 4) is 0 Å². The van der Waals surface area contributed by atoms with Crippen LogP contribution in [0.1, 0.15) is 39.3 Å². The molecule has 0 aromatic carbocycles. The van der Waals surface area contributed by atoms with Crippen LogP contribution < -0.4 is 0 Å². The number of aromatic amines is 1. The maximum atomic E-state index is 5.45. The van der Waals surface area contributed by atoms with Crippen LogP contribution in [0.5, 0.6) is 0 Å². The van der Waals surface area contributed by atoms with Crippen LogP contribution in [0, 0.1) is 10.7 Å². The molecule has 0 amide bonds. The Balaban J connectivity index is 2.53. The monoisotopic (exact) mass is 266 g/mol. The first-order valence-electron chi connectivity index (χ1n) is 6.76. The lowest BCUT2D eigenvalue weighted by atomic mass is 10.0. The zero-order chi connectivity index (χ0) is 13.3.